The summed E-state index contributed by atoms with van der Waals surface area (Å²) in [5.74, 6) is 0. The van der Waals surface area contributed by atoms with Crippen LogP contribution in [0.4, 0.5) is 0 Å². The van der Waals surface area contributed by atoms with Crippen LogP contribution < -0.4 is 0 Å². The highest BCUT2D eigenvalue weighted by molar-refractivity contribution is 9.10. The van der Waals surface area contributed by atoms with Crippen LogP contribution in [0.2, 0.25) is 0 Å². The van der Waals surface area contributed by atoms with E-state index in [9.17, 15) is 8.42 Å². The average molecular weight is 382 g/mol. The molecule has 0 amide bonds. The van der Waals surface area contributed by atoms with Crippen molar-refractivity contribution in [2.75, 3.05) is 13.3 Å². The summed E-state index contributed by atoms with van der Waals surface area (Å²) in [5, 5.41) is 0. The van der Waals surface area contributed by atoms with Crippen molar-refractivity contribution >= 4 is 25.8 Å². The molecule has 0 saturated carbocycles. The second-order valence-corrected chi connectivity index (χ2v) is 8.39. The van der Waals surface area contributed by atoms with E-state index < -0.39 is 9.84 Å². The van der Waals surface area contributed by atoms with Gasteiger partial charge in [-0.2, -0.15) is 0 Å². The van der Waals surface area contributed by atoms with Gasteiger partial charge in [0.1, 0.15) is 0 Å². The van der Waals surface area contributed by atoms with Crippen LogP contribution >= 0.6 is 15.9 Å². The molecule has 0 aliphatic heterocycles. The Morgan fingerprint density at radius 3 is 2.23 bits per heavy atom. The van der Waals surface area contributed by atoms with Gasteiger partial charge >= 0.3 is 0 Å². The van der Waals surface area contributed by atoms with Crippen molar-refractivity contribution in [3.05, 3.63) is 64.1 Å². The molecule has 3 nitrogen and oxygen atoms in total. The number of hydrogen-bond donors (Lipinski definition) is 0. The molecule has 2 aromatic carbocycles. The van der Waals surface area contributed by atoms with Gasteiger partial charge in [0, 0.05) is 23.3 Å². The fourth-order valence-corrected chi connectivity index (χ4v) is 3.32. The Bertz CT molecular complexity index is 742. The van der Waals surface area contributed by atoms with E-state index >= 15 is 0 Å². The SMILES string of the molecule is CC(c1ccc(S(C)(=O)=O)cc1)N(C)Cc1ccccc1Br. The predicted molar refractivity (Wildman–Crippen MR) is 93.6 cm³/mol. The molecule has 2 aromatic rings. The van der Waals surface area contributed by atoms with E-state index in [0.717, 1.165) is 16.6 Å². The first-order chi connectivity index (χ1) is 10.3. The van der Waals surface area contributed by atoms with Crippen molar-refractivity contribution in [3.8, 4) is 0 Å². The van der Waals surface area contributed by atoms with E-state index in [4.69, 9.17) is 0 Å². The van der Waals surface area contributed by atoms with Gasteiger partial charge in [0.15, 0.2) is 9.84 Å². The van der Waals surface area contributed by atoms with Gasteiger partial charge in [-0.25, -0.2) is 8.42 Å². The Morgan fingerprint density at radius 1 is 1.09 bits per heavy atom. The highest BCUT2D eigenvalue weighted by atomic mass is 79.9. The Morgan fingerprint density at radius 2 is 1.68 bits per heavy atom. The summed E-state index contributed by atoms with van der Waals surface area (Å²) in [4.78, 5) is 2.59. The minimum absolute atomic E-state index is 0.195. The fourth-order valence-electron chi connectivity index (χ4n) is 2.28. The van der Waals surface area contributed by atoms with Gasteiger partial charge in [0.25, 0.3) is 0 Å². The van der Waals surface area contributed by atoms with Gasteiger partial charge < -0.3 is 0 Å². The summed E-state index contributed by atoms with van der Waals surface area (Å²) in [6, 6.07) is 15.5. The van der Waals surface area contributed by atoms with Crippen molar-refractivity contribution in [3.63, 3.8) is 0 Å². The van der Waals surface area contributed by atoms with Gasteiger partial charge in [-0.3, -0.25) is 4.90 Å². The summed E-state index contributed by atoms with van der Waals surface area (Å²) in [5.41, 5.74) is 2.33. The van der Waals surface area contributed by atoms with Gasteiger partial charge in [-0.05, 0) is 43.3 Å². The van der Waals surface area contributed by atoms with Crippen LogP contribution in [0.25, 0.3) is 0 Å². The molecule has 0 saturated heterocycles. The summed E-state index contributed by atoms with van der Waals surface area (Å²) in [7, 11) is -1.08. The molecule has 2 rings (SSSR count). The van der Waals surface area contributed by atoms with Gasteiger partial charge in [-0.15, -0.1) is 0 Å². The normalized spacial score (nSPS) is 13.3. The molecule has 1 atom stereocenters. The quantitative estimate of drug-likeness (QED) is 0.783. The summed E-state index contributed by atoms with van der Waals surface area (Å²) < 4.78 is 24.1. The summed E-state index contributed by atoms with van der Waals surface area (Å²) >= 11 is 3.57. The molecule has 5 heteroatoms. The lowest BCUT2D eigenvalue weighted by Crippen LogP contribution is -2.22. The van der Waals surface area contributed by atoms with Gasteiger partial charge in [0.05, 0.1) is 4.90 Å². The lowest BCUT2D eigenvalue weighted by atomic mass is 10.1. The molecular formula is C17H20BrNO2S. The summed E-state index contributed by atoms with van der Waals surface area (Å²) in [6.07, 6.45) is 1.23. The van der Waals surface area contributed by atoms with Crippen molar-refractivity contribution in [2.24, 2.45) is 0 Å². The van der Waals surface area contributed by atoms with E-state index in [0.29, 0.717) is 4.90 Å². The van der Waals surface area contributed by atoms with E-state index in [-0.39, 0.29) is 6.04 Å². The third kappa shape index (κ3) is 4.18. The number of nitrogens with zero attached hydrogens (tertiary/aromatic N) is 1. The van der Waals surface area contributed by atoms with Crippen molar-refractivity contribution in [2.45, 2.75) is 24.4 Å². The van der Waals surface area contributed by atoms with Crippen LogP contribution in [-0.4, -0.2) is 26.6 Å². The molecule has 22 heavy (non-hydrogen) atoms. The molecule has 0 aliphatic rings. The standard InChI is InChI=1S/C17H20BrNO2S/c1-13(14-8-10-16(11-9-14)22(3,20)21)19(2)12-15-6-4-5-7-17(15)18/h4-11,13H,12H2,1-3H3. The number of halogens is 1. The smallest absolute Gasteiger partial charge is 0.175 e. The number of benzene rings is 2. The van der Waals surface area contributed by atoms with Crippen LogP contribution in [-0.2, 0) is 16.4 Å². The monoisotopic (exact) mass is 381 g/mol. The zero-order chi connectivity index (χ0) is 16.3. The molecule has 0 aliphatic carbocycles. The molecule has 118 valence electrons. The highest BCUT2D eigenvalue weighted by Crippen LogP contribution is 2.24. The lowest BCUT2D eigenvalue weighted by molar-refractivity contribution is 0.252. The largest absolute Gasteiger partial charge is 0.295 e. The Labute approximate surface area is 141 Å². The van der Waals surface area contributed by atoms with Crippen molar-refractivity contribution < 1.29 is 8.42 Å². The fraction of sp³-hybridized carbons (Fsp3) is 0.294. The van der Waals surface area contributed by atoms with E-state index in [1.54, 1.807) is 12.1 Å². The number of hydrogen-bond acceptors (Lipinski definition) is 3. The summed E-state index contributed by atoms with van der Waals surface area (Å²) in [6.45, 7) is 2.93. The van der Waals surface area contributed by atoms with Crippen LogP contribution in [0.3, 0.4) is 0 Å². The van der Waals surface area contributed by atoms with Crippen LogP contribution in [0.5, 0.6) is 0 Å². The van der Waals surface area contributed by atoms with E-state index in [1.165, 1.54) is 11.8 Å². The maximum absolute atomic E-state index is 11.5. The highest BCUT2D eigenvalue weighted by Gasteiger charge is 2.14. The lowest BCUT2D eigenvalue weighted by Gasteiger charge is -2.25. The second-order valence-electron chi connectivity index (χ2n) is 5.52. The maximum Gasteiger partial charge on any atom is 0.175 e. The molecule has 0 aromatic heterocycles. The molecule has 0 spiro atoms. The molecule has 0 N–H and O–H groups in total. The van der Waals surface area contributed by atoms with Crippen LogP contribution in [0, 0.1) is 0 Å². The zero-order valence-electron chi connectivity index (χ0n) is 13.0. The minimum atomic E-state index is -3.14. The molecule has 0 radical (unpaired) electrons. The van der Waals surface area contributed by atoms with Gasteiger partial charge in [-0.1, -0.05) is 46.3 Å². The van der Waals surface area contributed by atoms with Crippen molar-refractivity contribution in [1.29, 1.82) is 0 Å². The Kier molecular flexibility index (Phi) is 5.42. The van der Waals surface area contributed by atoms with Crippen LogP contribution in [0.1, 0.15) is 24.1 Å². The second kappa shape index (κ2) is 6.94. The minimum Gasteiger partial charge on any atom is -0.295 e. The van der Waals surface area contributed by atoms with E-state index in [1.807, 2.05) is 30.3 Å². The average Bonchev–Trinajstić information content (AvgIpc) is 2.48. The number of rotatable bonds is 5. The van der Waals surface area contributed by atoms with Crippen molar-refractivity contribution in [1.82, 2.24) is 4.90 Å². The first-order valence-electron chi connectivity index (χ1n) is 7.02. The van der Waals surface area contributed by atoms with E-state index in [2.05, 4.69) is 40.9 Å². The Balaban J connectivity index is 2.14. The predicted octanol–water partition coefficient (Wildman–Crippen LogP) is 4.05. The third-order valence-corrected chi connectivity index (χ3v) is 5.73. The topological polar surface area (TPSA) is 37.4 Å². The molecule has 1 unspecified atom stereocenters. The molecule has 0 bridgehead atoms. The first-order valence-corrected chi connectivity index (χ1v) is 9.71. The Hall–Kier alpha value is -1.17. The molecule has 0 heterocycles. The zero-order valence-corrected chi connectivity index (χ0v) is 15.4. The maximum atomic E-state index is 11.5. The molecule has 0 fully saturated rings. The van der Waals surface area contributed by atoms with Gasteiger partial charge in [0.2, 0.25) is 0 Å². The number of sulfone groups is 1. The first kappa shape index (κ1) is 17.2. The molecular weight excluding hydrogens is 362 g/mol. The third-order valence-electron chi connectivity index (χ3n) is 3.83. The van der Waals surface area contributed by atoms with Crippen LogP contribution in [0.15, 0.2) is 57.9 Å².